The number of halogens is 2. The number of carbonyl (C=O) groups is 1. The van der Waals surface area contributed by atoms with Gasteiger partial charge in [-0.3, -0.25) is 24.3 Å². The fraction of sp³-hybridized carbons (Fsp3) is 0.0870. The monoisotopic (exact) mass is 498 g/mol. The summed E-state index contributed by atoms with van der Waals surface area (Å²) in [6, 6.07) is 16.3. The van der Waals surface area contributed by atoms with E-state index in [9.17, 15) is 24.1 Å². The Labute approximate surface area is 201 Å². The molecule has 1 amide bonds. The average molecular weight is 499 g/mol. The molecule has 1 unspecified atom stereocenters. The third kappa shape index (κ3) is 4.63. The van der Waals surface area contributed by atoms with Gasteiger partial charge in [-0.25, -0.2) is 9.37 Å². The fourth-order valence-corrected chi connectivity index (χ4v) is 4.33. The number of nitro groups is 1. The molecule has 4 rings (SSSR count). The van der Waals surface area contributed by atoms with Crippen LogP contribution in [0.3, 0.4) is 0 Å². The van der Waals surface area contributed by atoms with E-state index in [4.69, 9.17) is 11.6 Å². The summed E-state index contributed by atoms with van der Waals surface area (Å²) >= 11 is 6.92. The standard InChI is InChI=1S/C23H16ClFN4O4S/c1-13(21(30)26-19-8-4-5-9-20(19)29(32)33)34-23-27-18-7-3-2-6-15(18)22(31)28(23)14-10-11-17(25)16(24)12-14/h2-13H,1H3,(H,26,30). The van der Waals surface area contributed by atoms with Gasteiger partial charge in [-0.05, 0) is 43.3 Å². The summed E-state index contributed by atoms with van der Waals surface area (Å²) in [5, 5.41) is 13.3. The minimum Gasteiger partial charge on any atom is -0.319 e. The Kier molecular flexibility index (Phi) is 6.62. The van der Waals surface area contributed by atoms with Crippen molar-refractivity contribution >= 4 is 51.5 Å². The van der Waals surface area contributed by atoms with E-state index in [0.29, 0.717) is 10.9 Å². The number of carbonyl (C=O) groups excluding carboxylic acids is 1. The minimum absolute atomic E-state index is 0.0547. The van der Waals surface area contributed by atoms with E-state index in [1.165, 1.54) is 34.9 Å². The van der Waals surface area contributed by atoms with Crippen LogP contribution in [0, 0.1) is 15.9 Å². The van der Waals surface area contributed by atoms with Gasteiger partial charge in [-0.1, -0.05) is 47.6 Å². The van der Waals surface area contributed by atoms with E-state index in [1.54, 1.807) is 37.3 Å². The second-order valence-corrected chi connectivity index (χ2v) is 8.89. The molecule has 0 spiro atoms. The molecule has 11 heteroatoms. The van der Waals surface area contributed by atoms with E-state index < -0.39 is 27.5 Å². The summed E-state index contributed by atoms with van der Waals surface area (Å²) < 4.78 is 15.0. The number of amides is 1. The third-order valence-electron chi connectivity index (χ3n) is 4.92. The van der Waals surface area contributed by atoms with E-state index >= 15 is 0 Å². The molecule has 0 saturated carbocycles. The first kappa shape index (κ1) is 23.4. The first-order valence-corrected chi connectivity index (χ1v) is 11.2. The first-order chi connectivity index (χ1) is 16.3. The lowest BCUT2D eigenvalue weighted by molar-refractivity contribution is -0.383. The molecule has 0 radical (unpaired) electrons. The number of hydrogen-bond acceptors (Lipinski definition) is 6. The highest BCUT2D eigenvalue weighted by Gasteiger charge is 2.23. The van der Waals surface area contributed by atoms with Crippen LogP contribution in [0.2, 0.25) is 5.02 Å². The summed E-state index contributed by atoms with van der Waals surface area (Å²) in [7, 11) is 0. The zero-order valence-electron chi connectivity index (χ0n) is 17.6. The number of anilines is 1. The van der Waals surface area contributed by atoms with Gasteiger partial charge >= 0.3 is 0 Å². The van der Waals surface area contributed by atoms with Crippen LogP contribution in [-0.2, 0) is 4.79 Å². The molecule has 1 heterocycles. The largest absolute Gasteiger partial charge is 0.319 e. The molecule has 0 bridgehead atoms. The molecular weight excluding hydrogens is 483 g/mol. The zero-order valence-corrected chi connectivity index (χ0v) is 19.1. The summed E-state index contributed by atoms with van der Waals surface area (Å²) in [6.07, 6.45) is 0. The molecule has 0 aliphatic carbocycles. The van der Waals surface area contributed by atoms with Crippen LogP contribution in [-0.4, -0.2) is 25.6 Å². The number of nitrogens with one attached hydrogen (secondary N) is 1. The van der Waals surface area contributed by atoms with Gasteiger partial charge < -0.3 is 5.32 Å². The van der Waals surface area contributed by atoms with Gasteiger partial charge in [0.05, 0.1) is 31.8 Å². The van der Waals surface area contributed by atoms with Crippen molar-refractivity contribution in [1.29, 1.82) is 0 Å². The molecule has 4 aromatic rings. The Bertz CT molecular complexity index is 1490. The second-order valence-electron chi connectivity index (χ2n) is 7.17. The molecule has 0 saturated heterocycles. The quantitative estimate of drug-likeness (QED) is 0.169. The Morgan fingerprint density at radius 2 is 1.88 bits per heavy atom. The number of nitrogens with zero attached hydrogens (tertiary/aromatic N) is 3. The van der Waals surface area contributed by atoms with Gasteiger partial charge in [0.15, 0.2) is 5.16 Å². The van der Waals surface area contributed by atoms with Crippen LogP contribution in [0.5, 0.6) is 0 Å². The highest BCUT2D eigenvalue weighted by molar-refractivity contribution is 8.00. The number of benzene rings is 3. The number of thioether (sulfide) groups is 1. The van der Waals surface area contributed by atoms with Crippen LogP contribution in [0.15, 0.2) is 76.7 Å². The second kappa shape index (κ2) is 9.62. The van der Waals surface area contributed by atoms with Gasteiger partial charge in [0.1, 0.15) is 11.5 Å². The number of nitro benzene ring substituents is 1. The molecule has 0 aliphatic rings. The predicted molar refractivity (Wildman–Crippen MR) is 129 cm³/mol. The third-order valence-corrected chi connectivity index (χ3v) is 6.26. The molecule has 172 valence electrons. The van der Waals surface area contributed by atoms with Crippen molar-refractivity contribution in [1.82, 2.24) is 9.55 Å². The maximum atomic E-state index is 13.7. The zero-order chi connectivity index (χ0) is 24.4. The number of hydrogen-bond donors (Lipinski definition) is 1. The summed E-state index contributed by atoms with van der Waals surface area (Å²) in [6.45, 7) is 1.58. The lowest BCUT2D eigenvalue weighted by Crippen LogP contribution is -2.26. The van der Waals surface area contributed by atoms with Gasteiger partial charge in [0, 0.05) is 6.07 Å². The Morgan fingerprint density at radius 1 is 1.18 bits per heavy atom. The van der Waals surface area contributed by atoms with Crippen molar-refractivity contribution in [3.05, 3.63) is 98.0 Å². The summed E-state index contributed by atoms with van der Waals surface area (Å²) in [5.74, 6) is -1.16. The SMILES string of the molecule is CC(Sc1nc2ccccc2c(=O)n1-c1ccc(F)c(Cl)c1)C(=O)Nc1ccccc1[N+](=O)[O-]. The number of fused-ring (bicyclic) bond motifs is 1. The molecule has 3 aromatic carbocycles. The van der Waals surface area contributed by atoms with Crippen molar-refractivity contribution < 1.29 is 14.1 Å². The van der Waals surface area contributed by atoms with Gasteiger partial charge in [-0.2, -0.15) is 0 Å². The van der Waals surface area contributed by atoms with Crippen molar-refractivity contribution in [2.24, 2.45) is 0 Å². The number of aromatic nitrogens is 2. The molecule has 1 aromatic heterocycles. The van der Waals surface area contributed by atoms with E-state index in [1.807, 2.05) is 0 Å². The Morgan fingerprint density at radius 3 is 2.62 bits per heavy atom. The van der Waals surface area contributed by atoms with Gasteiger partial charge in [0.2, 0.25) is 5.91 Å². The van der Waals surface area contributed by atoms with Gasteiger partial charge in [-0.15, -0.1) is 0 Å². The topological polar surface area (TPSA) is 107 Å². The van der Waals surface area contributed by atoms with Gasteiger partial charge in [0.25, 0.3) is 11.2 Å². The number of rotatable bonds is 6. The highest BCUT2D eigenvalue weighted by Crippen LogP contribution is 2.29. The Balaban J connectivity index is 1.74. The predicted octanol–water partition coefficient (Wildman–Crippen LogP) is 5.21. The molecular formula is C23H16ClFN4O4S. The van der Waals surface area contributed by atoms with Crippen LogP contribution >= 0.6 is 23.4 Å². The van der Waals surface area contributed by atoms with Crippen LogP contribution in [0.25, 0.3) is 16.6 Å². The van der Waals surface area contributed by atoms with Crippen LogP contribution < -0.4 is 10.9 Å². The summed E-state index contributed by atoms with van der Waals surface area (Å²) in [5.41, 5.74) is 0.102. The maximum absolute atomic E-state index is 13.7. The minimum atomic E-state index is -0.796. The Hall–Kier alpha value is -3.76. The molecule has 1 N–H and O–H groups in total. The van der Waals surface area contributed by atoms with Crippen LogP contribution in [0.1, 0.15) is 6.92 Å². The molecule has 34 heavy (non-hydrogen) atoms. The normalized spacial score (nSPS) is 11.9. The lowest BCUT2D eigenvalue weighted by atomic mass is 10.2. The van der Waals surface area contributed by atoms with Crippen molar-refractivity contribution in [2.45, 2.75) is 17.3 Å². The number of para-hydroxylation sites is 3. The maximum Gasteiger partial charge on any atom is 0.292 e. The fourth-order valence-electron chi connectivity index (χ4n) is 3.23. The lowest BCUT2D eigenvalue weighted by Gasteiger charge is -2.17. The molecule has 8 nitrogen and oxygen atoms in total. The molecule has 0 fully saturated rings. The first-order valence-electron chi connectivity index (χ1n) is 9.94. The smallest absolute Gasteiger partial charge is 0.292 e. The van der Waals surface area contributed by atoms with E-state index in [2.05, 4.69) is 10.3 Å². The van der Waals surface area contributed by atoms with E-state index in [-0.39, 0.29) is 27.2 Å². The van der Waals surface area contributed by atoms with Crippen molar-refractivity contribution in [3.63, 3.8) is 0 Å². The van der Waals surface area contributed by atoms with Crippen molar-refractivity contribution in [3.8, 4) is 5.69 Å². The van der Waals surface area contributed by atoms with E-state index in [0.717, 1.165) is 17.8 Å². The molecule has 1 atom stereocenters. The van der Waals surface area contributed by atoms with Crippen LogP contribution in [0.4, 0.5) is 15.8 Å². The highest BCUT2D eigenvalue weighted by atomic mass is 35.5. The molecule has 0 aliphatic heterocycles. The average Bonchev–Trinajstić information content (AvgIpc) is 2.81. The summed E-state index contributed by atoms with van der Waals surface area (Å²) in [4.78, 5) is 41.3. The van der Waals surface area contributed by atoms with Crippen molar-refractivity contribution in [2.75, 3.05) is 5.32 Å².